The van der Waals surface area contributed by atoms with E-state index in [0.717, 1.165) is 0 Å². The van der Waals surface area contributed by atoms with Crippen molar-refractivity contribution in [1.82, 2.24) is 4.98 Å². The molecule has 0 radical (unpaired) electrons. The highest BCUT2D eigenvalue weighted by Crippen LogP contribution is 2.25. The van der Waals surface area contributed by atoms with E-state index >= 15 is 0 Å². The fourth-order valence-electron chi connectivity index (χ4n) is 2.44. The molecule has 122 valence electrons. The van der Waals surface area contributed by atoms with Gasteiger partial charge in [0, 0.05) is 17.1 Å². The number of nitrogens with one attached hydrogen (secondary N) is 2. The summed E-state index contributed by atoms with van der Waals surface area (Å²) in [6.45, 7) is 2.27. The summed E-state index contributed by atoms with van der Waals surface area (Å²) >= 11 is 0. The van der Waals surface area contributed by atoms with E-state index in [-0.39, 0.29) is 5.56 Å². The van der Waals surface area contributed by atoms with Gasteiger partial charge in [-0.3, -0.25) is 9.59 Å². The lowest BCUT2D eigenvalue weighted by Crippen LogP contribution is -2.23. The first-order chi connectivity index (χ1) is 11.6. The largest absolute Gasteiger partial charge is 0.492 e. The highest BCUT2D eigenvalue weighted by atomic mass is 19.1. The van der Waals surface area contributed by atoms with E-state index in [9.17, 15) is 14.0 Å². The van der Waals surface area contributed by atoms with Crippen LogP contribution in [-0.2, 0) is 4.79 Å². The van der Waals surface area contributed by atoms with Crippen molar-refractivity contribution >= 4 is 28.3 Å². The predicted octanol–water partition coefficient (Wildman–Crippen LogP) is 3.53. The molecule has 1 amide bonds. The summed E-state index contributed by atoms with van der Waals surface area (Å²) in [6, 6.07) is 10.9. The van der Waals surface area contributed by atoms with Crippen molar-refractivity contribution in [2.45, 2.75) is 6.92 Å². The van der Waals surface area contributed by atoms with Gasteiger partial charge in [0.05, 0.1) is 17.9 Å². The van der Waals surface area contributed by atoms with Crippen LogP contribution in [-0.4, -0.2) is 23.3 Å². The van der Waals surface area contributed by atoms with E-state index in [2.05, 4.69) is 10.3 Å². The van der Waals surface area contributed by atoms with Crippen LogP contribution in [0.2, 0.25) is 0 Å². The van der Waals surface area contributed by atoms with Gasteiger partial charge in [0.2, 0.25) is 0 Å². The molecule has 24 heavy (non-hydrogen) atoms. The number of rotatable bonds is 5. The Morgan fingerprint density at radius 2 is 2.00 bits per heavy atom. The number of aromatic amines is 1. The average Bonchev–Trinajstić information content (AvgIpc) is 2.99. The van der Waals surface area contributed by atoms with Crippen LogP contribution in [0.5, 0.6) is 5.75 Å². The van der Waals surface area contributed by atoms with E-state index in [4.69, 9.17) is 4.74 Å². The minimum atomic E-state index is -0.785. The van der Waals surface area contributed by atoms with Crippen LogP contribution in [0.3, 0.4) is 0 Å². The van der Waals surface area contributed by atoms with Gasteiger partial charge < -0.3 is 15.0 Å². The topological polar surface area (TPSA) is 71.2 Å². The minimum absolute atomic E-state index is 0.191. The van der Waals surface area contributed by atoms with Gasteiger partial charge in [-0.15, -0.1) is 0 Å². The second-order valence-corrected chi connectivity index (χ2v) is 5.10. The molecule has 0 saturated carbocycles. The second-order valence-electron chi connectivity index (χ2n) is 5.10. The second kappa shape index (κ2) is 6.54. The number of carbonyl (C=O) groups excluding carboxylic acids is 2. The molecule has 0 aliphatic rings. The number of aromatic nitrogens is 1. The molecule has 0 spiro atoms. The maximum Gasteiger partial charge on any atom is 0.296 e. The van der Waals surface area contributed by atoms with Crippen molar-refractivity contribution < 1.29 is 18.7 Å². The van der Waals surface area contributed by atoms with Crippen LogP contribution < -0.4 is 10.1 Å². The Hall–Kier alpha value is -3.15. The number of hydrogen-bond acceptors (Lipinski definition) is 3. The van der Waals surface area contributed by atoms with Gasteiger partial charge in [0.15, 0.2) is 0 Å². The number of H-pyrrole nitrogens is 1. The monoisotopic (exact) mass is 326 g/mol. The minimum Gasteiger partial charge on any atom is -0.492 e. The van der Waals surface area contributed by atoms with Gasteiger partial charge in [-0.1, -0.05) is 12.1 Å². The average molecular weight is 326 g/mol. The summed E-state index contributed by atoms with van der Waals surface area (Å²) < 4.78 is 18.6. The molecular weight excluding hydrogens is 311 g/mol. The van der Waals surface area contributed by atoms with Crippen LogP contribution in [0.4, 0.5) is 10.1 Å². The van der Waals surface area contributed by atoms with Crippen LogP contribution >= 0.6 is 0 Å². The molecule has 0 saturated heterocycles. The molecule has 1 heterocycles. The molecule has 2 aromatic carbocycles. The highest BCUT2D eigenvalue weighted by Gasteiger charge is 2.21. The van der Waals surface area contributed by atoms with Crippen molar-refractivity contribution in [3.63, 3.8) is 0 Å². The predicted molar refractivity (Wildman–Crippen MR) is 88.8 cm³/mol. The molecule has 0 unspecified atom stereocenters. The van der Waals surface area contributed by atoms with Gasteiger partial charge in [-0.05, 0) is 37.3 Å². The summed E-state index contributed by atoms with van der Waals surface area (Å²) in [5.41, 5.74) is 1.07. The summed E-state index contributed by atoms with van der Waals surface area (Å²) in [5, 5.41) is 3.05. The van der Waals surface area contributed by atoms with Crippen LogP contribution in [0.25, 0.3) is 10.9 Å². The lowest BCUT2D eigenvalue weighted by Gasteiger charge is -2.10. The molecule has 2 N–H and O–H groups in total. The Bertz CT molecular complexity index is 918. The summed E-state index contributed by atoms with van der Waals surface area (Å²) in [4.78, 5) is 27.5. The summed E-state index contributed by atoms with van der Waals surface area (Å²) in [7, 11) is 0. The van der Waals surface area contributed by atoms with E-state index in [1.807, 2.05) is 6.92 Å². The molecule has 0 aliphatic carbocycles. The molecule has 0 bridgehead atoms. The molecule has 0 atom stereocenters. The number of amides is 1. The third kappa shape index (κ3) is 2.99. The SMILES string of the molecule is CCOc1ccccc1NC(=O)C(=O)c1c[nH]c2cc(F)ccc12. The Kier molecular flexibility index (Phi) is 4.29. The molecule has 0 fully saturated rings. The number of halogens is 1. The fraction of sp³-hybridized carbons (Fsp3) is 0.111. The van der Waals surface area contributed by atoms with Gasteiger partial charge in [-0.25, -0.2) is 4.39 Å². The van der Waals surface area contributed by atoms with Crippen molar-refractivity contribution in [3.8, 4) is 5.75 Å². The number of para-hydroxylation sites is 2. The van der Waals surface area contributed by atoms with E-state index in [0.29, 0.717) is 28.9 Å². The normalized spacial score (nSPS) is 10.6. The number of ketones is 1. The zero-order valence-electron chi connectivity index (χ0n) is 12.9. The molecule has 3 rings (SSSR count). The van der Waals surface area contributed by atoms with Crippen molar-refractivity contribution in [3.05, 3.63) is 60.0 Å². The van der Waals surface area contributed by atoms with Crippen LogP contribution in [0.15, 0.2) is 48.7 Å². The number of carbonyl (C=O) groups is 2. The Balaban J connectivity index is 1.86. The van der Waals surface area contributed by atoms with Crippen LogP contribution in [0.1, 0.15) is 17.3 Å². The van der Waals surface area contributed by atoms with E-state index in [1.165, 1.54) is 24.4 Å². The summed E-state index contributed by atoms with van der Waals surface area (Å²) in [5.74, 6) is -1.42. The highest BCUT2D eigenvalue weighted by molar-refractivity contribution is 6.48. The molecule has 6 heteroatoms. The molecule has 1 aromatic heterocycles. The maximum absolute atomic E-state index is 13.2. The van der Waals surface area contributed by atoms with E-state index < -0.39 is 17.5 Å². The number of Topliss-reactive ketones (excluding diaryl/α,β-unsaturated/α-hetero) is 1. The Labute approximate surface area is 137 Å². The smallest absolute Gasteiger partial charge is 0.296 e. The standard InChI is InChI=1S/C18H15FN2O3/c1-2-24-16-6-4-3-5-14(16)21-18(23)17(22)13-10-20-15-9-11(19)7-8-12(13)15/h3-10,20H,2H2,1H3,(H,21,23). The molecule has 3 aromatic rings. The number of fused-ring (bicyclic) bond motifs is 1. The van der Waals surface area contributed by atoms with Crippen molar-refractivity contribution in [2.75, 3.05) is 11.9 Å². The Morgan fingerprint density at radius 3 is 2.79 bits per heavy atom. The number of benzene rings is 2. The maximum atomic E-state index is 13.2. The first-order valence-electron chi connectivity index (χ1n) is 7.44. The lowest BCUT2D eigenvalue weighted by atomic mass is 10.1. The van der Waals surface area contributed by atoms with Crippen molar-refractivity contribution in [2.24, 2.45) is 0 Å². The van der Waals surface area contributed by atoms with Crippen LogP contribution in [0, 0.1) is 5.82 Å². The first kappa shape index (κ1) is 15.7. The van der Waals surface area contributed by atoms with E-state index in [1.54, 1.807) is 24.3 Å². The third-order valence-corrected chi connectivity index (χ3v) is 3.53. The third-order valence-electron chi connectivity index (χ3n) is 3.53. The quantitative estimate of drug-likeness (QED) is 0.556. The van der Waals surface area contributed by atoms with Gasteiger partial charge in [0.1, 0.15) is 11.6 Å². The number of ether oxygens (including phenoxy) is 1. The zero-order chi connectivity index (χ0) is 17.1. The number of hydrogen-bond donors (Lipinski definition) is 2. The summed E-state index contributed by atoms with van der Waals surface area (Å²) in [6.07, 6.45) is 1.40. The van der Waals surface area contributed by atoms with Gasteiger partial charge >= 0.3 is 0 Å². The first-order valence-corrected chi connectivity index (χ1v) is 7.44. The zero-order valence-corrected chi connectivity index (χ0v) is 12.9. The lowest BCUT2D eigenvalue weighted by molar-refractivity contribution is -0.112. The molecule has 0 aliphatic heterocycles. The molecular formula is C18H15FN2O3. The Morgan fingerprint density at radius 1 is 1.21 bits per heavy atom. The van der Waals surface area contributed by atoms with Gasteiger partial charge in [0.25, 0.3) is 11.7 Å². The fourth-order valence-corrected chi connectivity index (χ4v) is 2.44. The van der Waals surface area contributed by atoms with Gasteiger partial charge in [-0.2, -0.15) is 0 Å². The number of anilines is 1. The molecule has 5 nitrogen and oxygen atoms in total. The van der Waals surface area contributed by atoms with Crippen molar-refractivity contribution in [1.29, 1.82) is 0 Å².